The molecule has 1 aromatic carbocycles. The molecule has 5 nitrogen and oxygen atoms in total. The molecule has 3 aromatic rings. The Bertz CT molecular complexity index is 723. The highest BCUT2D eigenvalue weighted by Gasteiger charge is 2.10. The van der Waals surface area contributed by atoms with Crippen LogP contribution < -0.4 is 5.32 Å². The number of carbonyl (C=O) groups excluding carboxylic acids is 1. The molecule has 0 unspecified atom stereocenters. The molecule has 2 aromatic heterocycles. The number of nitrogens with one attached hydrogen (secondary N) is 1. The zero-order chi connectivity index (χ0) is 15.2. The van der Waals surface area contributed by atoms with Crippen molar-refractivity contribution in [3.63, 3.8) is 0 Å². The number of rotatable bonds is 6. The van der Waals surface area contributed by atoms with Gasteiger partial charge >= 0.3 is 0 Å². The van der Waals surface area contributed by atoms with E-state index in [1.165, 1.54) is 11.3 Å². The third-order valence-corrected chi connectivity index (χ3v) is 3.99. The van der Waals surface area contributed by atoms with Gasteiger partial charge in [-0.1, -0.05) is 41.6 Å². The first-order chi connectivity index (χ1) is 10.8. The van der Waals surface area contributed by atoms with Crippen molar-refractivity contribution in [1.82, 2.24) is 15.5 Å². The van der Waals surface area contributed by atoms with Crippen LogP contribution in [0.2, 0.25) is 0 Å². The number of thiophene rings is 1. The van der Waals surface area contributed by atoms with Crippen LogP contribution in [0.1, 0.15) is 17.8 Å². The summed E-state index contributed by atoms with van der Waals surface area (Å²) < 4.78 is 5.17. The first kappa shape index (κ1) is 14.5. The van der Waals surface area contributed by atoms with Crippen LogP contribution in [0.4, 0.5) is 0 Å². The van der Waals surface area contributed by atoms with Gasteiger partial charge in [-0.3, -0.25) is 4.79 Å². The fraction of sp³-hybridized carbons (Fsp3) is 0.188. The SMILES string of the molecule is O=C(CCc1ccccc1)NCc1noc(-c2cccs2)n1. The molecular weight excluding hydrogens is 298 g/mol. The van der Waals surface area contributed by atoms with E-state index in [4.69, 9.17) is 4.52 Å². The number of hydrogen-bond donors (Lipinski definition) is 1. The molecule has 0 aliphatic carbocycles. The fourth-order valence-electron chi connectivity index (χ4n) is 1.99. The van der Waals surface area contributed by atoms with Crippen molar-refractivity contribution in [3.05, 3.63) is 59.2 Å². The molecule has 0 saturated carbocycles. The number of aryl methyl sites for hydroxylation is 1. The number of benzene rings is 1. The molecule has 3 rings (SSSR count). The maximum absolute atomic E-state index is 11.8. The van der Waals surface area contributed by atoms with Crippen LogP contribution in [-0.2, 0) is 17.8 Å². The molecule has 22 heavy (non-hydrogen) atoms. The molecule has 0 spiro atoms. The lowest BCUT2D eigenvalue weighted by molar-refractivity contribution is -0.121. The van der Waals surface area contributed by atoms with E-state index in [0.29, 0.717) is 18.1 Å². The Morgan fingerprint density at radius 2 is 2.05 bits per heavy atom. The van der Waals surface area contributed by atoms with Crippen LogP contribution in [0.15, 0.2) is 52.4 Å². The van der Waals surface area contributed by atoms with E-state index in [2.05, 4.69) is 15.5 Å². The second-order valence-corrected chi connectivity index (χ2v) is 5.70. The topological polar surface area (TPSA) is 68.0 Å². The van der Waals surface area contributed by atoms with Crippen molar-refractivity contribution >= 4 is 17.2 Å². The second kappa shape index (κ2) is 7.00. The minimum absolute atomic E-state index is 0.0219. The van der Waals surface area contributed by atoms with Crippen molar-refractivity contribution in [3.8, 4) is 10.8 Å². The van der Waals surface area contributed by atoms with Crippen molar-refractivity contribution in [1.29, 1.82) is 0 Å². The first-order valence-corrected chi connectivity index (χ1v) is 7.86. The van der Waals surface area contributed by atoms with Gasteiger partial charge in [0.1, 0.15) is 0 Å². The summed E-state index contributed by atoms with van der Waals surface area (Å²) in [7, 11) is 0. The molecule has 0 aliphatic heterocycles. The normalized spacial score (nSPS) is 10.5. The van der Waals surface area contributed by atoms with Gasteiger partial charge < -0.3 is 9.84 Å². The molecule has 0 fully saturated rings. The van der Waals surface area contributed by atoms with Gasteiger partial charge in [0.05, 0.1) is 11.4 Å². The van der Waals surface area contributed by atoms with Crippen molar-refractivity contribution < 1.29 is 9.32 Å². The Balaban J connectivity index is 1.47. The van der Waals surface area contributed by atoms with Gasteiger partial charge in [-0.2, -0.15) is 4.98 Å². The predicted octanol–water partition coefficient (Wildman–Crippen LogP) is 3.05. The number of carbonyl (C=O) groups is 1. The average molecular weight is 313 g/mol. The molecule has 0 atom stereocenters. The summed E-state index contributed by atoms with van der Waals surface area (Å²) in [6, 6.07) is 13.8. The first-order valence-electron chi connectivity index (χ1n) is 6.98. The molecule has 112 valence electrons. The third kappa shape index (κ3) is 3.79. The number of amides is 1. The highest BCUT2D eigenvalue weighted by molar-refractivity contribution is 7.13. The Morgan fingerprint density at radius 3 is 2.82 bits per heavy atom. The molecule has 0 radical (unpaired) electrons. The van der Waals surface area contributed by atoms with Gasteiger partial charge in [-0.05, 0) is 23.4 Å². The summed E-state index contributed by atoms with van der Waals surface area (Å²) in [5.41, 5.74) is 1.15. The van der Waals surface area contributed by atoms with Gasteiger partial charge in [0.25, 0.3) is 5.89 Å². The largest absolute Gasteiger partial charge is 0.349 e. The summed E-state index contributed by atoms with van der Waals surface area (Å²) >= 11 is 1.54. The lowest BCUT2D eigenvalue weighted by Crippen LogP contribution is -2.23. The summed E-state index contributed by atoms with van der Waals surface area (Å²) in [4.78, 5) is 17.0. The highest BCUT2D eigenvalue weighted by Crippen LogP contribution is 2.22. The second-order valence-electron chi connectivity index (χ2n) is 4.76. The van der Waals surface area contributed by atoms with E-state index in [9.17, 15) is 4.79 Å². The summed E-state index contributed by atoms with van der Waals surface area (Å²) in [6.45, 7) is 0.280. The van der Waals surface area contributed by atoms with E-state index in [1.54, 1.807) is 0 Å². The van der Waals surface area contributed by atoms with E-state index >= 15 is 0 Å². The van der Waals surface area contributed by atoms with E-state index in [-0.39, 0.29) is 12.5 Å². The van der Waals surface area contributed by atoms with Gasteiger partial charge in [0.2, 0.25) is 5.91 Å². The lowest BCUT2D eigenvalue weighted by atomic mass is 10.1. The summed E-state index contributed by atoms with van der Waals surface area (Å²) in [6.07, 6.45) is 1.17. The Hall–Kier alpha value is -2.47. The minimum atomic E-state index is -0.0219. The van der Waals surface area contributed by atoms with Crippen LogP contribution in [-0.4, -0.2) is 16.0 Å². The van der Waals surface area contributed by atoms with E-state index < -0.39 is 0 Å². The molecule has 6 heteroatoms. The molecule has 1 N–H and O–H groups in total. The molecule has 0 bridgehead atoms. The monoisotopic (exact) mass is 313 g/mol. The Morgan fingerprint density at radius 1 is 1.18 bits per heavy atom. The van der Waals surface area contributed by atoms with Gasteiger partial charge in [0, 0.05) is 6.42 Å². The zero-order valence-electron chi connectivity index (χ0n) is 11.9. The smallest absolute Gasteiger partial charge is 0.268 e. The van der Waals surface area contributed by atoms with Crippen molar-refractivity contribution in [2.24, 2.45) is 0 Å². The lowest BCUT2D eigenvalue weighted by Gasteiger charge is -2.02. The van der Waals surface area contributed by atoms with Crippen molar-refractivity contribution in [2.75, 3.05) is 0 Å². The molecule has 1 amide bonds. The van der Waals surface area contributed by atoms with Gasteiger partial charge in [-0.15, -0.1) is 11.3 Å². The maximum atomic E-state index is 11.8. The summed E-state index contributed by atoms with van der Waals surface area (Å²) in [5.74, 6) is 0.950. The van der Waals surface area contributed by atoms with E-state index in [0.717, 1.165) is 16.9 Å². The van der Waals surface area contributed by atoms with Gasteiger partial charge in [0.15, 0.2) is 5.82 Å². The molecular formula is C16H15N3O2S. The number of hydrogen-bond acceptors (Lipinski definition) is 5. The van der Waals surface area contributed by atoms with Crippen LogP contribution in [0.25, 0.3) is 10.8 Å². The highest BCUT2D eigenvalue weighted by atomic mass is 32.1. The van der Waals surface area contributed by atoms with Crippen LogP contribution in [0.3, 0.4) is 0 Å². The number of nitrogens with zero attached hydrogens (tertiary/aromatic N) is 2. The third-order valence-electron chi connectivity index (χ3n) is 3.13. The van der Waals surface area contributed by atoms with Crippen LogP contribution in [0.5, 0.6) is 0 Å². The number of aromatic nitrogens is 2. The van der Waals surface area contributed by atoms with E-state index in [1.807, 2.05) is 47.8 Å². The standard InChI is InChI=1S/C16H15N3O2S/c20-15(9-8-12-5-2-1-3-6-12)17-11-14-18-16(21-19-14)13-7-4-10-22-13/h1-7,10H,8-9,11H2,(H,17,20). The minimum Gasteiger partial charge on any atom is -0.349 e. The van der Waals surface area contributed by atoms with Crippen LogP contribution in [0, 0.1) is 0 Å². The molecule has 2 heterocycles. The maximum Gasteiger partial charge on any atom is 0.268 e. The van der Waals surface area contributed by atoms with Crippen LogP contribution >= 0.6 is 11.3 Å². The Kier molecular flexibility index (Phi) is 4.60. The molecule has 0 aliphatic rings. The Labute approximate surface area is 132 Å². The average Bonchev–Trinajstić information content (AvgIpc) is 3.22. The fourth-order valence-corrected chi connectivity index (χ4v) is 2.64. The van der Waals surface area contributed by atoms with Crippen molar-refractivity contribution in [2.45, 2.75) is 19.4 Å². The summed E-state index contributed by atoms with van der Waals surface area (Å²) in [5, 5.41) is 8.62. The molecule has 0 saturated heterocycles. The quantitative estimate of drug-likeness (QED) is 0.759. The predicted molar refractivity (Wildman–Crippen MR) is 84.2 cm³/mol. The van der Waals surface area contributed by atoms with Gasteiger partial charge in [-0.25, -0.2) is 0 Å². The zero-order valence-corrected chi connectivity index (χ0v) is 12.7.